The normalized spacial score (nSPS) is 27.4. The van der Waals surface area contributed by atoms with Gasteiger partial charge in [-0.15, -0.1) is 0 Å². The first-order valence-electron chi connectivity index (χ1n) is 5.16. The molecular weight excluding hydrogens is 164 g/mol. The van der Waals surface area contributed by atoms with Crippen LogP contribution in [0.25, 0.3) is 0 Å². The Morgan fingerprint density at radius 1 is 1.46 bits per heavy atom. The Balaban J connectivity index is 2.31. The lowest BCUT2D eigenvalue weighted by molar-refractivity contribution is -0.130. The van der Waals surface area contributed by atoms with Crippen LogP contribution in [-0.4, -0.2) is 19.5 Å². The lowest BCUT2D eigenvalue weighted by Crippen LogP contribution is -2.36. The first kappa shape index (κ1) is 10.7. The van der Waals surface area contributed by atoms with Crippen molar-refractivity contribution in [1.82, 2.24) is 0 Å². The van der Waals surface area contributed by atoms with Crippen LogP contribution in [0.5, 0.6) is 0 Å². The molecule has 1 saturated carbocycles. The Morgan fingerprint density at radius 2 is 2.15 bits per heavy atom. The summed E-state index contributed by atoms with van der Waals surface area (Å²) < 4.78 is 5.08. The van der Waals surface area contributed by atoms with E-state index in [0.29, 0.717) is 23.5 Å². The third-order valence-corrected chi connectivity index (χ3v) is 2.82. The SMILES string of the molecule is COC[C@@H]1CC[C@H]1C(=O)CC(C)C. The number of Topliss-reactive ketones (excluding diaryl/α,β-unsaturated/α-hetero) is 1. The molecule has 1 fully saturated rings. The highest BCUT2D eigenvalue weighted by atomic mass is 16.5. The first-order chi connectivity index (χ1) is 6.15. The van der Waals surface area contributed by atoms with Crippen LogP contribution in [0.3, 0.4) is 0 Å². The van der Waals surface area contributed by atoms with Crippen molar-refractivity contribution >= 4 is 5.78 Å². The molecule has 2 heteroatoms. The average Bonchev–Trinajstić information content (AvgIpc) is 1.96. The fraction of sp³-hybridized carbons (Fsp3) is 0.909. The quantitative estimate of drug-likeness (QED) is 0.655. The van der Waals surface area contributed by atoms with Crippen LogP contribution in [0.4, 0.5) is 0 Å². The molecule has 2 nitrogen and oxygen atoms in total. The molecule has 0 saturated heterocycles. The number of ether oxygens (including phenoxy) is 1. The van der Waals surface area contributed by atoms with E-state index in [-0.39, 0.29) is 0 Å². The van der Waals surface area contributed by atoms with Gasteiger partial charge in [-0.05, 0) is 24.7 Å². The molecule has 0 unspecified atom stereocenters. The number of methoxy groups -OCH3 is 1. The second-order valence-electron chi connectivity index (χ2n) is 4.46. The Hall–Kier alpha value is -0.370. The van der Waals surface area contributed by atoms with Gasteiger partial charge in [-0.1, -0.05) is 13.8 Å². The van der Waals surface area contributed by atoms with Crippen molar-refractivity contribution < 1.29 is 9.53 Å². The second-order valence-corrected chi connectivity index (χ2v) is 4.46. The van der Waals surface area contributed by atoms with Crippen LogP contribution in [0.1, 0.15) is 33.1 Å². The smallest absolute Gasteiger partial charge is 0.136 e. The lowest BCUT2D eigenvalue weighted by atomic mass is 9.70. The van der Waals surface area contributed by atoms with Crippen molar-refractivity contribution in [3.63, 3.8) is 0 Å². The highest BCUT2D eigenvalue weighted by Gasteiger charge is 2.35. The molecule has 13 heavy (non-hydrogen) atoms. The molecule has 76 valence electrons. The van der Waals surface area contributed by atoms with Crippen molar-refractivity contribution in [2.75, 3.05) is 13.7 Å². The predicted octanol–water partition coefficient (Wildman–Crippen LogP) is 2.27. The van der Waals surface area contributed by atoms with Crippen LogP contribution in [0.15, 0.2) is 0 Å². The van der Waals surface area contributed by atoms with Crippen LogP contribution >= 0.6 is 0 Å². The van der Waals surface area contributed by atoms with Gasteiger partial charge in [-0.25, -0.2) is 0 Å². The predicted molar refractivity (Wildman–Crippen MR) is 52.6 cm³/mol. The maximum Gasteiger partial charge on any atom is 0.136 e. The van der Waals surface area contributed by atoms with Gasteiger partial charge in [0.15, 0.2) is 0 Å². The van der Waals surface area contributed by atoms with Gasteiger partial charge in [0, 0.05) is 26.1 Å². The molecule has 0 bridgehead atoms. The van der Waals surface area contributed by atoms with Gasteiger partial charge in [0.2, 0.25) is 0 Å². The largest absolute Gasteiger partial charge is 0.384 e. The van der Waals surface area contributed by atoms with Crippen LogP contribution in [0, 0.1) is 17.8 Å². The van der Waals surface area contributed by atoms with Crippen molar-refractivity contribution in [3.05, 3.63) is 0 Å². The second kappa shape index (κ2) is 4.75. The summed E-state index contributed by atoms with van der Waals surface area (Å²) in [5.41, 5.74) is 0. The third-order valence-electron chi connectivity index (χ3n) is 2.82. The summed E-state index contributed by atoms with van der Waals surface area (Å²) in [5.74, 6) is 1.76. The standard InChI is InChI=1S/C11H20O2/c1-8(2)6-11(12)10-5-4-9(10)7-13-3/h8-10H,4-7H2,1-3H3/t9-,10+/m0/s1. The molecule has 0 aromatic carbocycles. The molecule has 0 aromatic heterocycles. The van der Waals surface area contributed by atoms with Crippen molar-refractivity contribution in [3.8, 4) is 0 Å². The van der Waals surface area contributed by atoms with Gasteiger partial charge in [-0.3, -0.25) is 4.79 Å². The monoisotopic (exact) mass is 184 g/mol. The van der Waals surface area contributed by atoms with Crippen molar-refractivity contribution in [2.24, 2.45) is 17.8 Å². The summed E-state index contributed by atoms with van der Waals surface area (Å²) in [6, 6.07) is 0. The number of rotatable bonds is 5. The van der Waals surface area contributed by atoms with E-state index in [1.807, 2.05) is 0 Å². The fourth-order valence-corrected chi connectivity index (χ4v) is 1.96. The molecule has 0 aromatic rings. The van der Waals surface area contributed by atoms with E-state index in [9.17, 15) is 4.79 Å². The minimum absolute atomic E-state index is 0.308. The van der Waals surface area contributed by atoms with Crippen LogP contribution in [0.2, 0.25) is 0 Å². The van der Waals surface area contributed by atoms with E-state index in [4.69, 9.17) is 4.74 Å². The van der Waals surface area contributed by atoms with Crippen molar-refractivity contribution in [1.29, 1.82) is 0 Å². The number of carbonyl (C=O) groups is 1. The molecular formula is C11H20O2. The van der Waals surface area contributed by atoms with Crippen LogP contribution < -0.4 is 0 Å². The van der Waals surface area contributed by atoms with E-state index in [1.54, 1.807) is 7.11 Å². The molecule has 0 amide bonds. The molecule has 0 aliphatic heterocycles. The summed E-state index contributed by atoms with van der Waals surface area (Å²) in [5, 5.41) is 0. The Morgan fingerprint density at radius 3 is 2.54 bits per heavy atom. The molecule has 2 atom stereocenters. The summed E-state index contributed by atoms with van der Waals surface area (Å²) in [4.78, 5) is 11.7. The topological polar surface area (TPSA) is 26.3 Å². The maximum atomic E-state index is 11.7. The van der Waals surface area contributed by atoms with E-state index >= 15 is 0 Å². The maximum absolute atomic E-state index is 11.7. The van der Waals surface area contributed by atoms with Gasteiger partial charge in [-0.2, -0.15) is 0 Å². The molecule has 1 rings (SSSR count). The minimum atomic E-state index is 0.308. The summed E-state index contributed by atoms with van der Waals surface area (Å²) in [6.45, 7) is 4.96. The Labute approximate surface area is 80.7 Å². The van der Waals surface area contributed by atoms with E-state index in [1.165, 1.54) is 6.42 Å². The molecule has 0 spiro atoms. The number of hydrogen-bond acceptors (Lipinski definition) is 2. The zero-order chi connectivity index (χ0) is 9.84. The first-order valence-corrected chi connectivity index (χ1v) is 5.16. The van der Waals surface area contributed by atoms with Gasteiger partial charge in [0.05, 0.1) is 0 Å². The zero-order valence-corrected chi connectivity index (χ0v) is 8.88. The van der Waals surface area contributed by atoms with Crippen LogP contribution in [-0.2, 0) is 9.53 Å². The number of ketones is 1. The molecule has 0 N–H and O–H groups in total. The summed E-state index contributed by atoms with van der Waals surface area (Å²) >= 11 is 0. The van der Waals surface area contributed by atoms with E-state index in [0.717, 1.165) is 19.4 Å². The molecule has 0 heterocycles. The fourth-order valence-electron chi connectivity index (χ4n) is 1.96. The van der Waals surface area contributed by atoms with Gasteiger partial charge < -0.3 is 4.74 Å². The number of hydrogen-bond donors (Lipinski definition) is 0. The third kappa shape index (κ3) is 2.80. The Bertz CT molecular complexity index is 175. The highest BCUT2D eigenvalue weighted by molar-refractivity contribution is 5.82. The van der Waals surface area contributed by atoms with E-state index < -0.39 is 0 Å². The van der Waals surface area contributed by atoms with Gasteiger partial charge >= 0.3 is 0 Å². The molecule has 1 aliphatic rings. The van der Waals surface area contributed by atoms with Gasteiger partial charge in [0.25, 0.3) is 0 Å². The lowest BCUT2D eigenvalue weighted by Gasteiger charge is -2.35. The summed E-state index contributed by atoms with van der Waals surface area (Å²) in [7, 11) is 1.71. The number of carbonyl (C=O) groups excluding carboxylic acids is 1. The average molecular weight is 184 g/mol. The van der Waals surface area contributed by atoms with E-state index in [2.05, 4.69) is 13.8 Å². The minimum Gasteiger partial charge on any atom is -0.384 e. The summed E-state index contributed by atoms with van der Waals surface area (Å²) in [6.07, 6.45) is 2.99. The highest BCUT2D eigenvalue weighted by Crippen LogP contribution is 2.36. The molecule has 0 radical (unpaired) electrons. The van der Waals surface area contributed by atoms with Crippen molar-refractivity contribution in [2.45, 2.75) is 33.1 Å². The van der Waals surface area contributed by atoms with Gasteiger partial charge in [0.1, 0.15) is 5.78 Å². The molecule has 1 aliphatic carbocycles. The zero-order valence-electron chi connectivity index (χ0n) is 8.88. The Kier molecular flexibility index (Phi) is 3.91.